The molecule has 2 rings (SSSR count). The molecule has 114 valence electrons. The molecule has 0 bridgehead atoms. The second kappa shape index (κ2) is 6.06. The van der Waals surface area contributed by atoms with Crippen molar-refractivity contribution in [3.05, 3.63) is 38.7 Å². The van der Waals surface area contributed by atoms with Crippen LogP contribution in [0.1, 0.15) is 12.0 Å². The van der Waals surface area contributed by atoms with Gasteiger partial charge in [0.2, 0.25) is 0 Å². The molecule has 0 aromatic carbocycles. The quantitative estimate of drug-likeness (QED) is 0.430. The van der Waals surface area contributed by atoms with Gasteiger partial charge in [-0.15, -0.1) is 0 Å². The van der Waals surface area contributed by atoms with E-state index in [1.807, 2.05) is 4.98 Å². The van der Waals surface area contributed by atoms with E-state index in [0.29, 0.717) is 6.42 Å². The van der Waals surface area contributed by atoms with Gasteiger partial charge >= 0.3 is 11.7 Å². The Kier molecular flexibility index (Phi) is 4.39. The molecule has 0 saturated heterocycles. The van der Waals surface area contributed by atoms with Gasteiger partial charge < -0.3 is 20.3 Å². The number of rotatable bonds is 5. The van der Waals surface area contributed by atoms with E-state index < -0.39 is 17.2 Å². The first-order chi connectivity index (χ1) is 9.97. The van der Waals surface area contributed by atoms with Gasteiger partial charge in [-0.05, 0) is 24.2 Å². The number of carbonyl (C=O) groups is 1. The molecule has 1 aliphatic carbocycles. The van der Waals surface area contributed by atoms with Gasteiger partial charge in [0.15, 0.2) is 0 Å². The van der Waals surface area contributed by atoms with Gasteiger partial charge in [0.1, 0.15) is 0 Å². The maximum absolute atomic E-state index is 11.7. The van der Waals surface area contributed by atoms with Crippen LogP contribution >= 0.6 is 0 Å². The van der Waals surface area contributed by atoms with Crippen LogP contribution in [0.15, 0.2) is 21.9 Å². The Balaban J connectivity index is 2.36. The molecule has 1 saturated carbocycles. The molecule has 0 aliphatic heterocycles. The average Bonchev–Trinajstić information content (AvgIpc) is 2.39. The topological polar surface area (TPSA) is 143 Å². The van der Waals surface area contributed by atoms with Gasteiger partial charge in [-0.3, -0.25) is 9.78 Å². The smallest absolute Gasteiger partial charge is 0.336 e. The molecule has 1 aliphatic rings. The number of nitrogens with one attached hydrogen (secondary N) is 2. The second-order valence-corrected chi connectivity index (χ2v) is 5.06. The van der Waals surface area contributed by atoms with Crippen LogP contribution in [0.25, 0.3) is 5.57 Å². The summed E-state index contributed by atoms with van der Waals surface area (Å²) in [6, 6.07) is 0. The highest BCUT2D eigenvalue weighted by molar-refractivity contribution is 6.15. The summed E-state index contributed by atoms with van der Waals surface area (Å²) in [6.07, 6.45) is 3.00. The van der Waals surface area contributed by atoms with Gasteiger partial charge in [-0.25, -0.2) is 9.59 Å². The zero-order valence-electron chi connectivity index (χ0n) is 11.1. The monoisotopic (exact) mass is 296 g/mol. The molecular formula is C13H16N2O6. The summed E-state index contributed by atoms with van der Waals surface area (Å²) in [5.41, 5.74) is -1.88. The largest absolute Gasteiger partial charge is 0.478 e. The van der Waals surface area contributed by atoms with Crippen LogP contribution < -0.4 is 11.2 Å². The van der Waals surface area contributed by atoms with Crippen molar-refractivity contribution in [3.8, 4) is 0 Å². The number of carboxylic acid groups (broad SMARTS) is 1. The molecule has 3 atom stereocenters. The first kappa shape index (κ1) is 15.2. The predicted molar refractivity (Wildman–Crippen MR) is 72.6 cm³/mol. The number of carboxylic acids is 1. The number of aliphatic carboxylic acids is 1. The van der Waals surface area contributed by atoms with Gasteiger partial charge in [0.05, 0.1) is 11.1 Å². The summed E-state index contributed by atoms with van der Waals surface area (Å²) >= 11 is 0. The number of H-pyrrole nitrogens is 2. The van der Waals surface area contributed by atoms with Crippen molar-refractivity contribution >= 4 is 11.5 Å². The predicted octanol–water partition coefficient (Wildman–Crippen LogP) is -1.23. The number of hydrogen-bond donors (Lipinski definition) is 5. The van der Waals surface area contributed by atoms with Gasteiger partial charge in [0.25, 0.3) is 5.56 Å². The third kappa shape index (κ3) is 2.96. The van der Waals surface area contributed by atoms with Crippen LogP contribution in [0.4, 0.5) is 0 Å². The molecule has 0 amide bonds. The number of aliphatic hydroxyl groups excluding tert-OH is 2. The number of aromatic amines is 2. The van der Waals surface area contributed by atoms with Crippen molar-refractivity contribution in [3.63, 3.8) is 0 Å². The minimum Gasteiger partial charge on any atom is -0.478 e. The van der Waals surface area contributed by atoms with Gasteiger partial charge in [-0.1, -0.05) is 6.08 Å². The van der Waals surface area contributed by atoms with Crippen molar-refractivity contribution in [2.75, 3.05) is 13.2 Å². The Bertz CT molecular complexity index is 674. The lowest BCUT2D eigenvalue weighted by Gasteiger charge is -2.41. The van der Waals surface area contributed by atoms with Gasteiger partial charge in [-0.2, -0.15) is 0 Å². The Hall–Kier alpha value is -2.19. The van der Waals surface area contributed by atoms with E-state index in [-0.39, 0.29) is 42.1 Å². The number of hydrogen-bond acceptors (Lipinski definition) is 5. The fourth-order valence-electron chi connectivity index (χ4n) is 2.64. The molecule has 8 nitrogen and oxygen atoms in total. The lowest BCUT2D eigenvalue weighted by Crippen LogP contribution is -2.40. The van der Waals surface area contributed by atoms with Crippen molar-refractivity contribution in [2.45, 2.75) is 6.42 Å². The van der Waals surface area contributed by atoms with Crippen molar-refractivity contribution in [1.29, 1.82) is 0 Å². The Morgan fingerprint density at radius 2 is 2.05 bits per heavy atom. The van der Waals surface area contributed by atoms with Crippen LogP contribution in [-0.2, 0) is 4.79 Å². The minimum atomic E-state index is -1.29. The third-order valence-electron chi connectivity index (χ3n) is 3.90. The van der Waals surface area contributed by atoms with Crippen molar-refractivity contribution in [2.24, 2.45) is 17.8 Å². The van der Waals surface area contributed by atoms with E-state index in [9.17, 15) is 24.6 Å². The van der Waals surface area contributed by atoms with E-state index in [4.69, 9.17) is 5.11 Å². The van der Waals surface area contributed by atoms with E-state index in [2.05, 4.69) is 4.98 Å². The zero-order chi connectivity index (χ0) is 15.6. The molecule has 5 N–H and O–H groups in total. The Morgan fingerprint density at radius 1 is 1.33 bits per heavy atom. The lowest BCUT2D eigenvalue weighted by atomic mass is 9.65. The van der Waals surface area contributed by atoms with Crippen molar-refractivity contribution < 1.29 is 20.1 Å². The molecular weight excluding hydrogens is 280 g/mol. The van der Waals surface area contributed by atoms with Crippen LogP contribution in [0, 0.1) is 17.8 Å². The van der Waals surface area contributed by atoms with E-state index in [1.165, 1.54) is 6.08 Å². The molecule has 8 heteroatoms. The number of allylic oxidation sites excluding steroid dienone is 1. The van der Waals surface area contributed by atoms with Crippen molar-refractivity contribution in [1.82, 2.24) is 9.97 Å². The standard InChI is InChI=1S/C13H16N2O6/c16-4-7-1-6(10(7)5-17)2-8(12(19)20)9-3-14-13(21)15-11(9)18/h2-3,6-7,10,16-17H,1,4-5H2,(H,19,20)(H2,14,15,18,21). The SMILES string of the molecule is O=C(O)C(=CC1CC(CO)C1CO)c1c[nH]c(=O)[nH]c1=O. The Morgan fingerprint density at radius 3 is 2.57 bits per heavy atom. The summed E-state index contributed by atoms with van der Waals surface area (Å²) < 4.78 is 0. The average molecular weight is 296 g/mol. The highest BCUT2D eigenvalue weighted by Crippen LogP contribution is 2.41. The molecule has 1 heterocycles. The van der Waals surface area contributed by atoms with E-state index in [0.717, 1.165) is 6.20 Å². The molecule has 0 spiro atoms. The van der Waals surface area contributed by atoms with Crippen LogP contribution in [0.3, 0.4) is 0 Å². The summed E-state index contributed by atoms with van der Waals surface area (Å²) in [5.74, 6) is -1.83. The highest BCUT2D eigenvalue weighted by Gasteiger charge is 2.39. The minimum absolute atomic E-state index is 0.0693. The second-order valence-electron chi connectivity index (χ2n) is 5.06. The first-order valence-electron chi connectivity index (χ1n) is 6.47. The molecule has 1 aromatic heterocycles. The fraction of sp³-hybridized carbons (Fsp3) is 0.462. The fourth-order valence-corrected chi connectivity index (χ4v) is 2.64. The maximum Gasteiger partial charge on any atom is 0.336 e. The van der Waals surface area contributed by atoms with Crippen LogP contribution in [0.5, 0.6) is 0 Å². The first-order valence-corrected chi connectivity index (χ1v) is 6.47. The molecule has 1 aromatic rings. The molecule has 3 unspecified atom stereocenters. The third-order valence-corrected chi connectivity index (χ3v) is 3.90. The zero-order valence-corrected chi connectivity index (χ0v) is 11.1. The van der Waals surface area contributed by atoms with E-state index in [1.54, 1.807) is 0 Å². The molecule has 0 radical (unpaired) electrons. The van der Waals surface area contributed by atoms with Crippen LogP contribution in [0.2, 0.25) is 0 Å². The summed E-state index contributed by atoms with van der Waals surface area (Å²) in [4.78, 5) is 38.2. The Labute approximate surface area is 118 Å². The van der Waals surface area contributed by atoms with Gasteiger partial charge in [0, 0.05) is 19.4 Å². The summed E-state index contributed by atoms with van der Waals surface area (Å²) in [5, 5.41) is 27.6. The summed E-state index contributed by atoms with van der Waals surface area (Å²) in [6.45, 7) is -0.238. The lowest BCUT2D eigenvalue weighted by molar-refractivity contribution is -0.130. The normalized spacial score (nSPS) is 25.4. The number of aromatic nitrogens is 2. The number of aliphatic hydroxyl groups is 2. The highest BCUT2D eigenvalue weighted by atomic mass is 16.4. The maximum atomic E-state index is 11.7. The summed E-state index contributed by atoms with van der Waals surface area (Å²) in [7, 11) is 0. The van der Waals surface area contributed by atoms with Crippen LogP contribution in [-0.4, -0.2) is 44.5 Å². The van der Waals surface area contributed by atoms with E-state index >= 15 is 0 Å². The molecule has 1 fully saturated rings. The molecule has 21 heavy (non-hydrogen) atoms.